The van der Waals surface area contributed by atoms with Crippen LogP contribution in [0.5, 0.6) is 0 Å². The number of carbonyl (C=O) groups excluding carboxylic acids is 2. The first-order valence-electron chi connectivity index (χ1n) is 8.84. The summed E-state index contributed by atoms with van der Waals surface area (Å²) in [5.74, 6) is 0.0116. The van der Waals surface area contributed by atoms with Gasteiger partial charge in [-0.1, -0.05) is 11.2 Å². The predicted octanol–water partition coefficient (Wildman–Crippen LogP) is 1.59. The summed E-state index contributed by atoms with van der Waals surface area (Å²) in [6.07, 6.45) is 2.14. The Balaban J connectivity index is 1.67. The predicted molar refractivity (Wildman–Crippen MR) is 97.4 cm³/mol. The number of hydrogen-bond donors (Lipinski definition) is 2. The molecule has 0 aliphatic carbocycles. The van der Waals surface area contributed by atoms with Crippen molar-refractivity contribution < 1.29 is 19.2 Å². The Morgan fingerprint density at radius 2 is 2.23 bits per heavy atom. The van der Waals surface area contributed by atoms with Crippen molar-refractivity contribution in [3.63, 3.8) is 0 Å². The molecule has 2 atom stereocenters. The van der Waals surface area contributed by atoms with Gasteiger partial charge in [0.25, 0.3) is 0 Å². The molecule has 26 heavy (non-hydrogen) atoms. The van der Waals surface area contributed by atoms with Crippen LogP contribution in [0.15, 0.2) is 23.4 Å². The van der Waals surface area contributed by atoms with Crippen LogP contribution in [0.25, 0.3) is 0 Å². The number of amides is 1. The number of nitrogens with one attached hydrogen (secondary N) is 1. The number of esters is 1. The number of ether oxygens (including phenoxy) is 1. The van der Waals surface area contributed by atoms with Gasteiger partial charge in [-0.3, -0.25) is 9.59 Å². The molecule has 0 spiro atoms. The third kappa shape index (κ3) is 6.70. The molecule has 1 aromatic heterocycles. The second-order valence-corrected chi connectivity index (χ2v) is 6.32. The van der Waals surface area contributed by atoms with Crippen molar-refractivity contribution in [1.82, 2.24) is 10.3 Å². The van der Waals surface area contributed by atoms with E-state index in [0.717, 1.165) is 17.8 Å². The van der Waals surface area contributed by atoms with E-state index < -0.39 is 0 Å². The van der Waals surface area contributed by atoms with Crippen LogP contribution in [0.4, 0.5) is 5.82 Å². The van der Waals surface area contributed by atoms with Gasteiger partial charge in [0.15, 0.2) is 0 Å². The van der Waals surface area contributed by atoms with E-state index in [1.165, 1.54) is 0 Å². The molecule has 0 saturated heterocycles. The number of aryl methyl sites for hydroxylation is 1. The van der Waals surface area contributed by atoms with E-state index in [-0.39, 0.29) is 36.9 Å². The molecule has 8 nitrogen and oxygen atoms in total. The number of aromatic nitrogens is 1. The molecule has 3 N–H and O–H groups in total. The van der Waals surface area contributed by atoms with Crippen molar-refractivity contribution in [1.29, 1.82) is 0 Å². The second kappa shape index (κ2) is 9.74. The first kappa shape index (κ1) is 19.7. The Kier molecular flexibility index (Phi) is 7.37. The van der Waals surface area contributed by atoms with Gasteiger partial charge in [0.1, 0.15) is 11.9 Å². The molecule has 1 aromatic rings. The maximum Gasteiger partial charge on any atom is 0.307 e. The van der Waals surface area contributed by atoms with Crippen LogP contribution in [-0.2, 0) is 25.6 Å². The zero-order valence-electron chi connectivity index (χ0n) is 15.2. The summed E-state index contributed by atoms with van der Waals surface area (Å²) in [7, 11) is 0. The fourth-order valence-electron chi connectivity index (χ4n) is 2.71. The Hall–Kier alpha value is -2.64. The number of oxime groups is 1. The Morgan fingerprint density at radius 1 is 1.42 bits per heavy atom. The fourth-order valence-corrected chi connectivity index (χ4v) is 2.71. The number of nitrogen functional groups attached to an aromatic ring is 1. The molecule has 2 heterocycles. The minimum Gasteiger partial charge on any atom is -0.466 e. The van der Waals surface area contributed by atoms with Crippen molar-refractivity contribution in [2.45, 2.75) is 58.1 Å². The minimum atomic E-state index is -0.321. The Bertz CT molecular complexity index is 662. The number of rotatable bonds is 9. The number of hydrogen-bond acceptors (Lipinski definition) is 7. The normalized spacial score (nSPS) is 17.2. The highest BCUT2D eigenvalue weighted by molar-refractivity contribution is 5.87. The monoisotopic (exact) mass is 362 g/mol. The van der Waals surface area contributed by atoms with Gasteiger partial charge in [-0.05, 0) is 38.8 Å². The largest absolute Gasteiger partial charge is 0.466 e. The second-order valence-electron chi connectivity index (χ2n) is 6.32. The fraction of sp³-hybridized carbons (Fsp3) is 0.556. The van der Waals surface area contributed by atoms with E-state index >= 15 is 0 Å². The molecular weight excluding hydrogens is 336 g/mol. The van der Waals surface area contributed by atoms with Crippen molar-refractivity contribution in [3.8, 4) is 0 Å². The van der Waals surface area contributed by atoms with Gasteiger partial charge in [0.2, 0.25) is 5.91 Å². The lowest BCUT2D eigenvalue weighted by molar-refractivity contribution is -0.143. The van der Waals surface area contributed by atoms with Gasteiger partial charge in [-0.15, -0.1) is 0 Å². The first-order chi connectivity index (χ1) is 12.5. The highest BCUT2D eigenvalue weighted by atomic mass is 16.6. The molecule has 8 heteroatoms. The number of carbonyl (C=O) groups is 2. The van der Waals surface area contributed by atoms with Crippen molar-refractivity contribution in [3.05, 3.63) is 23.9 Å². The average Bonchev–Trinajstić information content (AvgIpc) is 3.00. The SMILES string of the molecule is CCOC(=O)C[C@@H](C)NC(=O)C[C@H]1CC(CCc2cccc(N)n2)=NO1. The van der Waals surface area contributed by atoms with E-state index in [9.17, 15) is 9.59 Å². The molecule has 0 radical (unpaired) electrons. The molecule has 1 aliphatic heterocycles. The van der Waals surface area contributed by atoms with Crippen LogP contribution < -0.4 is 11.1 Å². The zero-order chi connectivity index (χ0) is 18.9. The molecule has 0 saturated carbocycles. The van der Waals surface area contributed by atoms with Crippen LogP contribution in [0.2, 0.25) is 0 Å². The maximum atomic E-state index is 12.1. The highest BCUT2D eigenvalue weighted by Crippen LogP contribution is 2.17. The summed E-state index contributed by atoms with van der Waals surface area (Å²) in [4.78, 5) is 33.0. The van der Waals surface area contributed by atoms with Crippen molar-refractivity contribution in [2.75, 3.05) is 12.3 Å². The van der Waals surface area contributed by atoms with Crippen LogP contribution >= 0.6 is 0 Å². The molecule has 2 rings (SSSR count). The smallest absolute Gasteiger partial charge is 0.307 e. The van der Waals surface area contributed by atoms with E-state index in [1.54, 1.807) is 19.9 Å². The van der Waals surface area contributed by atoms with Crippen molar-refractivity contribution in [2.24, 2.45) is 5.16 Å². The molecule has 0 unspecified atom stereocenters. The van der Waals surface area contributed by atoms with Crippen LogP contribution in [0.3, 0.4) is 0 Å². The summed E-state index contributed by atoms with van der Waals surface area (Å²) in [6.45, 7) is 3.85. The number of pyridine rings is 1. The minimum absolute atomic E-state index is 0.153. The van der Waals surface area contributed by atoms with Gasteiger partial charge in [0, 0.05) is 18.2 Å². The van der Waals surface area contributed by atoms with Gasteiger partial charge >= 0.3 is 5.97 Å². The molecular formula is C18H26N4O4. The average molecular weight is 362 g/mol. The number of nitrogens with zero attached hydrogens (tertiary/aromatic N) is 2. The van der Waals surface area contributed by atoms with Crippen LogP contribution in [-0.4, -0.2) is 41.3 Å². The van der Waals surface area contributed by atoms with E-state index in [0.29, 0.717) is 25.3 Å². The summed E-state index contributed by atoms with van der Waals surface area (Å²) in [5.41, 5.74) is 7.48. The Morgan fingerprint density at radius 3 is 2.96 bits per heavy atom. The standard InChI is InChI=1S/C18H26N4O4/c1-3-25-18(24)9-12(2)20-17(23)11-15-10-14(22-26-15)8-7-13-5-4-6-16(19)21-13/h4-6,12,15H,3,7-11H2,1-2H3,(H2,19,21)(H,20,23)/t12-,15-/m1/s1. The molecule has 0 bridgehead atoms. The third-order valence-electron chi connectivity index (χ3n) is 3.89. The lowest BCUT2D eigenvalue weighted by atomic mass is 10.0. The summed E-state index contributed by atoms with van der Waals surface area (Å²) in [5, 5.41) is 6.84. The zero-order valence-corrected chi connectivity index (χ0v) is 15.2. The van der Waals surface area contributed by atoms with E-state index in [4.69, 9.17) is 15.3 Å². The summed E-state index contributed by atoms with van der Waals surface area (Å²) < 4.78 is 4.87. The molecule has 142 valence electrons. The first-order valence-corrected chi connectivity index (χ1v) is 8.84. The highest BCUT2D eigenvalue weighted by Gasteiger charge is 2.24. The summed E-state index contributed by atoms with van der Waals surface area (Å²) in [6, 6.07) is 5.26. The molecule has 0 fully saturated rings. The maximum absolute atomic E-state index is 12.1. The van der Waals surface area contributed by atoms with E-state index in [2.05, 4.69) is 15.5 Å². The topological polar surface area (TPSA) is 116 Å². The van der Waals surface area contributed by atoms with Crippen molar-refractivity contribution >= 4 is 23.4 Å². The lowest BCUT2D eigenvalue weighted by Crippen LogP contribution is -2.36. The number of nitrogens with two attached hydrogens (primary N) is 1. The third-order valence-corrected chi connectivity index (χ3v) is 3.89. The van der Waals surface area contributed by atoms with Crippen LogP contribution in [0, 0.1) is 0 Å². The molecule has 0 aromatic carbocycles. The van der Waals surface area contributed by atoms with Gasteiger partial charge in [-0.2, -0.15) is 0 Å². The van der Waals surface area contributed by atoms with Gasteiger partial charge in [0.05, 0.1) is 25.2 Å². The van der Waals surface area contributed by atoms with Gasteiger partial charge < -0.3 is 20.6 Å². The lowest BCUT2D eigenvalue weighted by Gasteiger charge is -2.14. The molecule has 1 amide bonds. The van der Waals surface area contributed by atoms with E-state index in [1.807, 2.05) is 12.1 Å². The Labute approximate surface area is 153 Å². The van der Waals surface area contributed by atoms with Gasteiger partial charge in [-0.25, -0.2) is 4.98 Å². The molecule has 1 aliphatic rings. The van der Waals surface area contributed by atoms with Crippen LogP contribution in [0.1, 0.15) is 45.2 Å². The summed E-state index contributed by atoms with van der Waals surface area (Å²) >= 11 is 0. The number of anilines is 1. The quantitative estimate of drug-likeness (QED) is 0.645.